The molecule has 0 saturated carbocycles. The van der Waals surface area contributed by atoms with Crippen LogP contribution in [0.3, 0.4) is 0 Å². The van der Waals surface area contributed by atoms with Crippen LogP contribution in [-0.2, 0) is 4.74 Å². The Labute approximate surface area is 108 Å². The van der Waals surface area contributed by atoms with Crippen molar-refractivity contribution in [2.24, 2.45) is 0 Å². The van der Waals surface area contributed by atoms with E-state index in [0.717, 1.165) is 6.07 Å². The number of alkyl halides is 3. The highest BCUT2D eigenvalue weighted by atomic mass is 19.4. The number of carbonyl (C=O) groups excluding carboxylic acids is 1. The largest absolute Gasteiger partial charge is 0.573 e. The Hall–Kier alpha value is -1.92. The lowest BCUT2D eigenvalue weighted by molar-refractivity contribution is -0.274. The van der Waals surface area contributed by atoms with E-state index in [1.807, 2.05) is 0 Å². The maximum Gasteiger partial charge on any atom is 0.573 e. The van der Waals surface area contributed by atoms with Crippen LogP contribution in [0.25, 0.3) is 0 Å². The molecule has 0 unspecified atom stereocenters. The van der Waals surface area contributed by atoms with Gasteiger partial charge < -0.3 is 14.4 Å². The van der Waals surface area contributed by atoms with Gasteiger partial charge in [-0.3, -0.25) is 0 Å². The van der Waals surface area contributed by atoms with Crippen LogP contribution in [0.1, 0.15) is 17.3 Å². The lowest BCUT2D eigenvalue weighted by Crippen LogP contribution is -2.20. The van der Waals surface area contributed by atoms with Crippen LogP contribution in [0.15, 0.2) is 18.2 Å². The van der Waals surface area contributed by atoms with Gasteiger partial charge in [0.25, 0.3) is 0 Å². The summed E-state index contributed by atoms with van der Waals surface area (Å²) in [7, 11) is 3.14. The predicted octanol–water partition coefficient (Wildman–Crippen LogP) is 2.83. The minimum Gasteiger partial charge on any atom is -0.462 e. The topological polar surface area (TPSA) is 38.8 Å². The number of hydrogen-bond donors (Lipinski definition) is 0. The van der Waals surface area contributed by atoms with Crippen LogP contribution in [-0.4, -0.2) is 33.0 Å². The fourth-order valence-electron chi connectivity index (χ4n) is 1.43. The number of ether oxygens (including phenoxy) is 2. The second-order valence-electron chi connectivity index (χ2n) is 3.85. The van der Waals surface area contributed by atoms with E-state index in [1.165, 1.54) is 17.0 Å². The van der Waals surface area contributed by atoms with E-state index in [4.69, 9.17) is 4.74 Å². The van der Waals surface area contributed by atoms with Crippen LogP contribution in [0, 0.1) is 0 Å². The predicted molar refractivity (Wildman–Crippen MR) is 63.4 cm³/mol. The molecule has 0 N–H and O–H groups in total. The summed E-state index contributed by atoms with van der Waals surface area (Å²) in [5, 5.41) is 0. The number of carbonyl (C=O) groups is 1. The zero-order valence-electron chi connectivity index (χ0n) is 10.7. The fraction of sp³-hybridized carbons (Fsp3) is 0.417. The van der Waals surface area contributed by atoms with Gasteiger partial charge in [-0.2, -0.15) is 0 Å². The highest BCUT2D eigenvalue weighted by molar-refractivity contribution is 5.90. The highest BCUT2D eigenvalue weighted by Gasteiger charge is 2.32. The van der Waals surface area contributed by atoms with E-state index in [0.29, 0.717) is 0 Å². The molecule has 1 aromatic carbocycles. The second kappa shape index (κ2) is 5.81. The number of anilines is 1. The van der Waals surface area contributed by atoms with Gasteiger partial charge in [0.15, 0.2) is 5.75 Å². The van der Waals surface area contributed by atoms with Crippen molar-refractivity contribution >= 4 is 11.7 Å². The molecule has 0 aliphatic carbocycles. The molecule has 0 spiro atoms. The molecule has 0 fully saturated rings. The van der Waals surface area contributed by atoms with Crippen LogP contribution in [0.2, 0.25) is 0 Å². The van der Waals surface area contributed by atoms with Crippen LogP contribution < -0.4 is 9.64 Å². The molecule has 0 radical (unpaired) electrons. The summed E-state index contributed by atoms with van der Waals surface area (Å²) in [6.45, 7) is 1.75. The van der Waals surface area contributed by atoms with Gasteiger partial charge in [-0.15, -0.1) is 13.2 Å². The third-order valence-corrected chi connectivity index (χ3v) is 2.18. The number of benzene rings is 1. The number of halogens is 3. The third kappa shape index (κ3) is 4.35. The monoisotopic (exact) mass is 277 g/mol. The van der Waals surface area contributed by atoms with Gasteiger partial charge in [0.2, 0.25) is 0 Å². The molecule has 0 aliphatic rings. The average molecular weight is 277 g/mol. The van der Waals surface area contributed by atoms with Crippen molar-refractivity contribution < 1.29 is 27.4 Å². The highest BCUT2D eigenvalue weighted by Crippen LogP contribution is 2.33. The summed E-state index contributed by atoms with van der Waals surface area (Å²) < 4.78 is 45.6. The first-order valence-electron chi connectivity index (χ1n) is 5.49. The average Bonchev–Trinajstić information content (AvgIpc) is 2.26. The van der Waals surface area contributed by atoms with Gasteiger partial charge in [0.05, 0.1) is 17.9 Å². The molecule has 1 aromatic rings. The number of esters is 1. The van der Waals surface area contributed by atoms with Crippen molar-refractivity contribution in [2.75, 3.05) is 25.6 Å². The lowest BCUT2D eigenvalue weighted by atomic mass is 10.2. The summed E-state index contributed by atoms with van der Waals surface area (Å²) >= 11 is 0. The van der Waals surface area contributed by atoms with E-state index in [9.17, 15) is 18.0 Å². The number of nitrogens with zero attached hydrogens (tertiary/aromatic N) is 1. The summed E-state index contributed by atoms with van der Waals surface area (Å²) in [6.07, 6.45) is -4.82. The molecule has 4 nitrogen and oxygen atoms in total. The van der Waals surface area contributed by atoms with Crippen molar-refractivity contribution in [2.45, 2.75) is 13.3 Å². The molecule has 19 heavy (non-hydrogen) atoms. The van der Waals surface area contributed by atoms with Crippen LogP contribution in [0.4, 0.5) is 18.9 Å². The molecule has 0 saturated heterocycles. The van der Waals surface area contributed by atoms with E-state index in [2.05, 4.69) is 4.74 Å². The molecule has 0 aliphatic heterocycles. The Bertz CT molecular complexity index is 458. The van der Waals surface area contributed by atoms with Gasteiger partial charge in [-0.1, -0.05) is 0 Å². The molecule has 0 amide bonds. The first-order valence-corrected chi connectivity index (χ1v) is 5.49. The summed E-state index contributed by atoms with van der Waals surface area (Å²) in [4.78, 5) is 12.9. The van der Waals surface area contributed by atoms with Crippen molar-refractivity contribution in [3.8, 4) is 5.75 Å². The Balaban J connectivity index is 3.14. The molecular formula is C12H14F3NO3. The van der Waals surface area contributed by atoms with Crippen molar-refractivity contribution in [3.63, 3.8) is 0 Å². The van der Waals surface area contributed by atoms with E-state index in [1.54, 1.807) is 21.0 Å². The Morgan fingerprint density at radius 1 is 1.32 bits per heavy atom. The molecular weight excluding hydrogens is 263 g/mol. The Morgan fingerprint density at radius 2 is 1.95 bits per heavy atom. The minimum atomic E-state index is -4.82. The van der Waals surface area contributed by atoms with Crippen LogP contribution >= 0.6 is 0 Å². The third-order valence-electron chi connectivity index (χ3n) is 2.18. The molecule has 106 valence electrons. The van der Waals surface area contributed by atoms with E-state index in [-0.39, 0.29) is 17.9 Å². The second-order valence-corrected chi connectivity index (χ2v) is 3.85. The van der Waals surface area contributed by atoms with Gasteiger partial charge in [-0.25, -0.2) is 4.79 Å². The Morgan fingerprint density at radius 3 is 2.42 bits per heavy atom. The van der Waals surface area contributed by atoms with Crippen LogP contribution in [0.5, 0.6) is 5.75 Å². The van der Waals surface area contributed by atoms with Crippen molar-refractivity contribution in [1.82, 2.24) is 0 Å². The molecule has 0 heterocycles. The first kappa shape index (κ1) is 15.1. The molecule has 0 atom stereocenters. The van der Waals surface area contributed by atoms with Crippen molar-refractivity contribution in [1.29, 1.82) is 0 Å². The SMILES string of the molecule is CCOC(=O)c1ccc(N(C)C)c(OC(F)(F)F)c1. The molecule has 0 bridgehead atoms. The lowest BCUT2D eigenvalue weighted by Gasteiger charge is -2.19. The van der Waals surface area contributed by atoms with Gasteiger partial charge in [0.1, 0.15) is 0 Å². The van der Waals surface area contributed by atoms with Gasteiger partial charge in [-0.05, 0) is 25.1 Å². The summed E-state index contributed by atoms with van der Waals surface area (Å²) in [5.41, 5.74) is 0.220. The quantitative estimate of drug-likeness (QED) is 0.793. The maximum atomic E-state index is 12.3. The van der Waals surface area contributed by atoms with E-state index < -0.39 is 18.1 Å². The smallest absolute Gasteiger partial charge is 0.462 e. The maximum absolute atomic E-state index is 12.3. The zero-order chi connectivity index (χ0) is 14.6. The number of rotatable bonds is 4. The minimum absolute atomic E-state index is 0.00620. The van der Waals surface area contributed by atoms with Gasteiger partial charge in [0, 0.05) is 14.1 Å². The molecule has 1 rings (SSSR count). The summed E-state index contributed by atoms with van der Waals surface area (Å²) in [5.74, 6) is -1.14. The fourth-order valence-corrected chi connectivity index (χ4v) is 1.43. The molecule has 7 heteroatoms. The van der Waals surface area contributed by atoms with E-state index >= 15 is 0 Å². The molecule has 0 aromatic heterocycles. The normalized spacial score (nSPS) is 11.1. The number of hydrogen-bond acceptors (Lipinski definition) is 4. The zero-order valence-corrected chi connectivity index (χ0v) is 10.7. The first-order chi connectivity index (χ1) is 8.74. The Kier molecular flexibility index (Phi) is 4.63. The summed E-state index contributed by atoms with van der Waals surface area (Å²) in [6, 6.07) is 3.77. The van der Waals surface area contributed by atoms with Gasteiger partial charge >= 0.3 is 12.3 Å². The van der Waals surface area contributed by atoms with Crippen molar-refractivity contribution in [3.05, 3.63) is 23.8 Å². The standard InChI is InChI=1S/C12H14F3NO3/c1-4-18-11(17)8-5-6-9(16(2)3)10(7-8)19-12(13,14)15/h5-7H,4H2,1-3H3.